The number of hydrogen-bond acceptors (Lipinski definition) is 3. The average Bonchev–Trinajstić information content (AvgIpc) is 2.36. The molecule has 1 unspecified atom stereocenters. The van der Waals surface area contributed by atoms with Gasteiger partial charge in [-0.15, -0.1) is 0 Å². The van der Waals surface area contributed by atoms with E-state index in [0.29, 0.717) is 19.4 Å². The first-order chi connectivity index (χ1) is 8.54. The minimum absolute atomic E-state index is 0.0644. The van der Waals surface area contributed by atoms with Crippen molar-refractivity contribution in [3.05, 3.63) is 29.8 Å². The van der Waals surface area contributed by atoms with Crippen LogP contribution in [0.5, 0.6) is 0 Å². The summed E-state index contributed by atoms with van der Waals surface area (Å²) in [6.07, 6.45) is 0.824. The molecule has 1 aromatic carbocycles. The van der Waals surface area contributed by atoms with Gasteiger partial charge in [0.1, 0.15) is 0 Å². The van der Waals surface area contributed by atoms with E-state index in [1.807, 2.05) is 37.3 Å². The lowest BCUT2D eigenvalue weighted by Crippen LogP contribution is -2.28. The van der Waals surface area contributed by atoms with Gasteiger partial charge in [0.2, 0.25) is 5.91 Å². The SMILES string of the molecule is CC(CC(=O)N(C)CCC#N)c1ccc(N)cc1. The number of nitrogen functional groups attached to an aromatic ring is 1. The number of amides is 1. The van der Waals surface area contributed by atoms with Crippen LogP contribution in [0.2, 0.25) is 0 Å². The molecule has 0 aliphatic carbocycles. The van der Waals surface area contributed by atoms with Crippen molar-refractivity contribution >= 4 is 11.6 Å². The number of anilines is 1. The van der Waals surface area contributed by atoms with Crippen molar-refractivity contribution in [2.24, 2.45) is 0 Å². The van der Waals surface area contributed by atoms with Gasteiger partial charge in [0.25, 0.3) is 0 Å². The van der Waals surface area contributed by atoms with Crippen molar-refractivity contribution < 1.29 is 4.79 Å². The van der Waals surface area contributed by atoms with Crippen molar-refractivity contribution in [3.8, 4) is 6.07 Å². The Hall–Kier alpha value is -2.02. The monoisotopic (exact) mass is 245 g/mol. The molecule has 18 heavy (non-hydrogen) atoms. The van der Waals surface area contributed by atoms with E-state index >= 15 is 0 Å². The second-order valence-electron chi connectivity index (χ2n) is 4.50. The maximum atomic E-state index is 11.9. The Morgan fingerprint density at radius 2 is 2.06 bits per heavy atom. The lowest BCUT2D eigenvalue weighted by Gasteiger charge is -2.18. The largest absolute Gasteiger partial charge is 0.399 e. The highest BCUT2D eigenvalue weighted by Gasteiger charge is 2.14. The maximum Gasteiger partial charge on any atom is 0.222 e. The fourth-order valence-electron chi connectivity index (χ4n) is 1.70. The summed E-state index contributed by atoms with van der Waals surface area (Å²) in [5.41, 5.74) is 7.45. The molecule has 0 fully saturated rings. The zero-order valence-electron chi connectivity index (χ0n) is 10.9. The van der Waals surface area contributed by atoms with E-state index in [2.05, 4.69) is 0 Å². The van der Waals surface area contributed by atoms with Crippen LogP contribution in [0, 0.1) is 11.3 Å². The molecule has 96 valence electrons. The molecule has 0 aliphatic heterocycles. The molecule has 0 radical (unpaired) electrons. The number of hydrogen-bond donors (Lipinski definition) is 1. The summed E-state index contributed by atoms with van der Waals surface area (Å²) in [6.45, 7) is 2.51. The van der Waals surface area contributed by atoms with E-state index in [9.17, 15) is 4.79 Å². The van der Waals surface area contributed by atoms with Gasteiger partial charge < -0.3 is 10.6 Å². The van der Waals surface area contributed by atoms with Crippen molar-refractivity contribution in [1.29, 1.82) is 5.26 Å². The molecule has 0 saturated heterocycles. The first-order valence-electron chi connectivity index (χ1n) is 6.01. The molecule has 0 bridgehead atoms. The highest BCUT2D eigenvalue weighted by atomic mass is 16.2. The lowest BCUT2D eigenvalue weighted by atomic mass is 9.97. The number of nitrogens with two attached hydrogens (primary N) is 1. The first kappa shape index (κ1) is 14.0. The molecule has 4 nitrogen and oxygen atoms in total. The Morgan fingerprint density at radius 3 is 2.61 bits per heavy atom. The quantitative estimate of drug-likeness (QED) is 0.808. The van der Waals surface area contributed by atoms with Crippen molar-refractivity contribution in [3.63, 3.8) is 0 Å². The summed E-state index contributed by atoms with van der Waals surface area (Å²) in [4.78, 5) is 13.5. The van der Waals surface area contributed by atoms with Gasteiger partial charge in [0.05, 0.1) is 12.5 Å². The number of carbonyl (C=O) groups excluding carboxylic acids is 1. The van der Waals surface area contributed by atoms with E-state index in [1.165, 1.54) is 0 Å². The second-order valence-corrected chi connectivity index (χ2v) is 4.50. The molecule has 0 aromatic heterocycles. The van der Waals surface area contributed by atoms with Gasteiger partial charge in [-0.1, -0.05) is 19.1 Å². The summed E-state index contributed by atoms with van der Waals surface area (Å²) < 4.78 is 0. The Labute approximate surface area is 108 Å². The molecule has 1 amide bonds. The fraction of sp³-hybridized carbons (Fsp3) is 0.429. The van der Waals surface area contributed by atoms with Crippen LogP contribution in [-0.2, 0) is 4.79 Å². The molecule has 4 heteroatoms. The lowest BCUT2D eigenvalue weighted by molar-refractivity contribution is -0.130. The standard InChI is InChI=1S/C14H19N3O/c1-11(12-4-6-13(16)7-5-12)10-14(18)17(2)9-3-8-15/h4-7,11H,3,9-10,16H2,1-2H3. The van der Waals surface area contributed by atoms with Gasteiger partial charge in [0.15, 0.2) is 0 Å². The molecule has 2 N–H and O–H groups in total. The number of benzene rings is 1. The van der Waals surface area contributed by atoms with Crippen LogP contribution < -0.4 is 5.73 Å². The van der Waals surface area contributed by atoms with Gasteiger partial charge in [0, 0.05) is 25.7 Å². The average molecular weight is 245 g/mol. The predicted octanol–water partition coefficient (Wildman–Crippen LogP) is 2.13. The number of carbonyl (C=O) groups is 1. The third-order valence-electron chi connectivity index (χ3n) is 2.97. The van der Waals surface area contributed by atoms with E-state index in [4.69, 9.17) is 11.0 Å². The van der Waals surface area contributed by atoms with Gasteiger partial charge in [-0.2, -0.15) is 5.26 Å². The zero-order valence-corrected chi connectivity index (χ0v) is 10.9. The number of nitrogens with zero attached hydrogens (tertiary/aromatic N) is 2. The van der Waals surface area contributed by atoms with Crippen LogP contribution in [0.4, 0.5) is 5.69 Å². The number of rotatable bonds is 5. The third kappa shape index (κ3) is 4.10. The molecular weight excluding hydrogens is 226 g/mol. The third-order valence-corrected chi connectivity index (χ3v) is 2.97. The van der Waals surface area contributed by atoms with Crippen molar-refractivity contribution in [2.75, 3.05) is 19.3 Å². The molecule has 0 spiro atoms. The highest BCUT2D eigenvalue weighted by Crippen LogP contribution is 2.20. The van der Waals surface area contributed by atoms with Gasteiger partial charge >= 0.3 is 0 Å². The highest BCUT2D eigenvalue weighted by molar-refractivity contribution is 5.76. The van der Waals surface area contributed by atoms with Gasteiger partial charge in [-0.05, 0) is 23.6 Å². The summed E-state index contributed by atoms with van der Waals surface area (Å²) in [6, 6.07) is 9.62. The second kappa shape index (κ2) is 6.65. The molecule has 0 saturated carbocycles. The van der Waals surface area contributed by atoms with Gasteiger partial charge in [-0.3, -0.25) is 4.79 Å². The fourth-order valence-corrected chi connectivity index (χ4v) is 1.70. The van der Waals surface area contributed by atoms with E-state index < -0.39 is 0 Å². The molecule has 1 aromatic rings. The minimum Gasteiger partial charge on any atom is -0.399 e. The summed E-state index contributed by atoms with van der Waals surface area (Å²) in [7, 11) is 1.73. The van der Waals surface area contributed by atoms with Crippen LogP contribution in [0.15, 0.2) is 24.3 Å². The topological polar surface area (TPSA) is 70.1 Å². The normalized spacial score (nSPS) is 11.6. The predicted molar refractivity (Wildman–Crippen MR) is 71.8 cm³/mol. The van der Waals surface area contributed by atoms with Crippen LogP contribution >= 0.6 is 0 Å². The Balaban J connectivity index is 2.54. The Bertz CT molecular complexity index is 433. The molecule has 0 heterocycles. The summed E-state index contributed by atoms with van der Waals surface area (Å²) in [5.74, 6) is 0.220. The Kier molecular flexibility index (Phi) is 5.19. The first-order valence-corrected chi connectivity index (χ1v) is 6.01. The minimum atomic E-state index is 0.0644. The van der Waals surface area contributed by atoms with E-state index in [1.54, 1.807) is 11.9 Å². The van der Waals surface area contributed by atoms with Crippen molar-refractivity contribution in [1.82, 2.24) is 4.90 Å². The molecular formula is C14H19N3O. The molecule has 1 rings (SSSR count). The van der Waals surface area contributed by atoms with Crippen molar-refractivity contribution in [2.45, 2.75) is 25.7 Å². The van der Waals surface area contributed by atoms with Crippen LogP contribution in [0.3, 0.4) is 0 Å². The molecule has 0 aliphatic rings. The Morgan fingerprint density at radius 1 is 1.44 bits per heavy atom. The number of nitriles is 1. The van der Waals surface area contributed by atoms with Crippen LogP contribution in [0.1, 0.15) is 31.2 Å². The maximum absolute atomic E-state index is 11.9. The molecule has 1 atom stereocenters. The van der Waals surface area contributed by atoms with E-state index in [0.717, 1.165) is 11.3 Å². The smallest absolute Gasteiger partial charge is 0.222 e. The zero-order chi connectivity index (χ0) is 13.5. The van der Waals surface area contributed by atoms with Crippen LogP contribution in [0.25, 0.3) is 0 Å². The van der Waals surface area contributed by atoms with Crippen LogP contribution in [-0.4, -0.2) is 24.4 Å². The van der Waals surface area contributed by atoms with Gasteiger partial charge in [-0.25, -0.2) is 0 Å². The summed E-state index contributed by atoms with van der Waals surface area (Å²) >= 11 is 0. The summed E-state index contributed by atoms with van der Waals surface area (Å²) in [5, 5.41) is 8.48. The van der Waals surface area contributed by atoms with E-state index in [-0.39, 0.29) is 11.8 Å².